The summed E-state index contributed by atoms with van der Waals surface area (Å²) < 4.78 is 32.2. The van der Waals surface area contributed by atoms with E-state index in [9.17, 15) is 18.0 Å². The second-order valence-corrected chi connectivity index (χ2v) is 9.30. The number of sulfonamides is 1. The number of hydrogen-bond donors (Lipinski definition) is 1. The molecule has 1 heterocycles. The van der Waals surface area contributed by atoms with Gasteiger partial charge in [-0.3, -0.25) is 9.59 Å². The molecule has 0 unspecified atom stereocenters. The molecule has 0 aromatic heterocycles. The van der Waals surface area contributed by atoms with Crippen LogP contribution in [0.5, 0.6) is 0 Å². The first-order valence-electron chi connectivity index (χ1n) is 9.65. The maximum atomic E-state index is 12.4. The van der Waals surface area contributed by atoms with Gasteiger partial charge in [-0.25, -0.2) is 13.1 Å². The fraction of sp³-hybridized carbons (Fsp3) is 0.600. The van der Waals surface area contributed by atoms with Crippen LogP contribution in [-0.4, -0.2) is 50.9 Å². The van der Waals surface area contributed by atoms with Gasteiger partial charge in [-0.1, -0.05) is 13.0 Å². The predicted molar refractivity (Wildman–Crippen MR) is 106 cm³/mol. The van der Waals surface area contributed by atoms with Gasteiger partial charge in [-0.2, -0.15) is 0 Å². The Bertz CT molecular complexity index is 814. The topological polar surface area (TPSA) is 92.8 Å². The molecule has 2 rings (SSSR count). The van der Waals surface area contributed by atoms with Gasteiger partial charge in [-0.05, 0) is 62.8 Å². The van der Waals surface area contributed by atoms with Crippen molar-refractivity contribution in [3.05, 3.63) is 29.3 Å². The van der Waals surface area contributed by atoms with E-state index in [0.29, 0.717) is 19.0 Å². The highest BCUT2D eigenvalue weighted by atomic mass is 32.2. The van der Waals surface area contributed by atoms with E-state index in [1.165, 1.54) is 6.07 Å². The van der Waals surface area contributed by atoms with Gasteiger partial charge < -0.3 is 9.64 Å². The number of nitrogens with one attached hydrogen (secondary N) is 1. The van der Waals surface area contributed by atoms with Crippen molar-refractivity contribution in [2.75, 3.05) is 19.6 Å². The monoisotopic (exact) mass is 410 g/mol. The summed E-state index contributed by atoms with van der Waals surface area (Å²) in [4.78, 5) is 26.2. The van der Waals surface area contributed by atoms with Crippen molar-refractivity contribution in [3.63, 3.8) is 0 Å². The molecule has 1 aromatic carbocycles. The van der Waals surface area contributed by atoms with Gasteiger partial charge in [0.1, 0.15) is 0 Å². The van der Waals surface area contributed by atoms with Gasteiger partial charge in [0.25, 0.3) is 5.91 Å². The molecule has 156 valence electrons. The lowest BCUT2D eigenvalue weighted by Crippen LogP contribution is -2.44. The first-order valence-corrected chi connectivity index (χ1v) is 11.1. The molecule has 1 saturated heterocycles. The summed E-state index contributed by atoms with van der Waals surface area (Å²) in [6.45, 7) is 8.72. The van der Waals surface area contributed by atoms with E-state index >= 15 is 0 Å². The molecule has 0 spiro atoms. The van der Waals surface area contributed by atoms with Crippen LogP contribution in [0, 0.1) is 19.8 Å². The number of aryl methyl sites for hydroxylation is 2. The molecule has 1 N–H and O–H groups in total. The molecule has 1 fully saturated rings. The standard InChI is InChI=1S/C20H30N2O5S/c1-14-8-11-22(12-9-14)20(24)17(4)27-19(23)7-10-21-28(25,26)18-6-5-15(2)16(3)13-18/h5-6,13-14,17,21H,7-12H2,1-4H3/t17-/m1/s1. The third kappa shape index (κ3) is 6.04. The number of amides is 1. The molecule has 8 heteroatoms. The number of piperidine rings is 1. The first kappa shape index (κ1) is 22.4. The molecule has 1 atom stereocenters. The fourth-order valence-electron chi connectivity index (χ4n) is 3.04. The zero-order chi connectivity index (χ0) is 20.9. The van der Waals surface area contributed by atoms with Crippen LogP contribution in [-0.2, 0) is 24.3 Å². The number of ether oxygens (including phenoxy) is 1. The van der Waals surface area contributed by atoms with Gasteiger partial charge in [0.15, 0.2) is 6.10 Å². The number of esters is 1. The molecule has 0 aliphatic carbocycles. The minimum Gasteiger partial charge on any atom is -0.452 e. The summed E-state index contributed by atoms with van der Waals surface area (Å²) in [5.74, 6) is -0.197. The quantitative estimate of drug-likeness (QED) is 0.696. The highest BCUT2D eigenvalue weighted by molar-refractivity contribution is 7.89. The summed E-state index contributed by atoms with van der Waals surface area (Å²) in [7, 11) is -3.70. The SMILES string of the molecule is Cc1ccc(S(=O)(=O)NCCC(=O)O[C@H](C)C(=O)N2CCC(C)CC2)cc1C. The lowest BCUT2D eigenvalue weighted by atomic mass is 9.99. The van der Waals surface area contributed by atoms with Crippen molar-refractivity contribution in [2.45, 2.75) is 58.0 Å². The number of hydrogen-bond acceptors (Lipinski definition) is 5. The Balaban J connectivity index is 1.80. The Morgan fingerprint density at radius 2 is 1.86 bits per heavy atom. The summed E-state index contributed by atoms with van der Waals surface area (Å²) in [5.41, 5.74) is 1.88. The van der Waals surface area contributed by atoms with Crippen molar-refractivity contribution in [1.82, 2.24) is 9.62 Å². The maximum Gasteiger partial charge on any atom is 0.307 e. The van der Waals surface area contributed by atoms with Crippen LogP contribution in [0.2, 0.25) is 0 Å². The van der Waals surface area contributed by atoms with Crippen LogP contribution in [0.25, 0.3) is 0 Å². The summed E-state index contributed by atoms with van der Waals surface area (Å²) in [5, 5.41) is 0. The smallest absolute Gasteiger partial charge is 0.307 e. The Morgan fingerprint density at radius 3 is 2.46 bits per heavy atom. The normalized spacial score (nSPS) is 16.6. The highest BCUT2D eigenvalue weighted by Crippen LogP contribution is 2.17. The summed E-state index contributed by atoms with van der Waals surface area (Å²) in [6.07, 6.45) is 0.898. The Kier molecular flexibility index (Phi) is 7.60. The minimum atomic E-state index is -3.70. The number of nitrogens with zero attached hydrogens (tertiary/aromatic N) is 1. The zero-order valence-corrected chi connectivity index (χ0v) is 17.8. The number of likely N-dealkylation sites (tertiary alicyclic amines) is 1. The lowest BCUT2D eigenvalue weighted by Gasteiger charge is -2.31. The Hall–Kier alpha value is -1.93. The average molecular weight is 411 g/mol. The second kappa shape index (κ2) is 9.52. The van der Waals surface area contributed by atoms with Crippen LogP contribution in [0.15, 0.2) is 23.1 Å². The zero-order valence-electron chi connectivity index (χ0n) is 17.0. The van der Waals surface area contributed by atoms with Crippen LogP contribution < -0.4 is 4.72 Å². The third-order valence-electron chi connectivity index (χ3n) is 5.16. The van der Waals surface area contributed by atoms with Crippen LogP contribution in [0.3, 0.4) is 0 Å². The van der Waals surface area contributed by atoms with Crippen molar-refractivity contribution in [1.29, 1.82) is 0 Å². The molecule has 1 aliphatic rings. The minimum absolute atomic E-state index is 0.0871. The van der Waals surface area contributed by atoms with E-state index in [4.69, 9.17) is 4.74 Å². The molecule has 28 heavy (non-hydrogen) atoms. The van der Waals surface area contributed by atoms with Gasteiger partial charge in [0, 0.05) is 19.6 Å². The fourth-order valence-corrected chi connectivity index (χ4v) is 4.16. The van der Waals surface area contributed by atoms with E-state index < -0.39 is 22.1 Å². The number of rotatable bonds is 7. The van der Waals surface area contributed by atoms with E-state index in [1.54, 1.807) is 24.0 Å². The van der Waals surface area contributed by atoms with Gasteiger partial charge in [-0.15, -0.1) is 0 Å². The maximum absolute atomic E-state index is 12.4. The lowest BCUT2D eigenvalue weighted by molar-refractivity contribution is -0.159. The second-order valence-electron chi connectivity index (χ2n) is 7.53. The van der Waals surface area contributed by atoms with Crippen LogP contribution in [0.4, 0.5) is 0 Å². The molecule has 0 bridgehead atoms. The molecule has 1 amide bonds. The van der Waals surface area contributed by atoms with Gasteiger partial charge >= 0.3 is 5.97 Å². The Labute approximate surface area is 167 Å². The number of carbonyl (C=O) groups is 2. The summed E-state index contributed by atoms with van der Waals surface area (Å²) in [6, 6.07) is 4.87. The largest absolute Gasteiger partial charge is 0.452 e. The van der Waals surface area contributed by atoms with E-state index in [-0.39, 0.29) is 23.8 Å². The molecule has 7 nitrogen and oxygen atoms in total. The molecular formula is C20H30N2O5S. The average Bonchev–Trinajstić information content (AvgIpc) is 2.63. The van der Waals surface area contributed by atoms with E-state index in [2.05, 4.69) is 11.6 Å². The summed E-state index contributed by atoms with van der Waals surface area (Å²) >= 11 is 0. The van der Waals surface area contributed by atoms with Crippen molar-refractivity contribution >= 4 is 21.9 Å². The molecular weight excluding hydrogens is 380 g/mol. The molecule has 1 aliphatic heterocycles. The number of benzene rings is 1. The number of carbonyl (C=O) groups excluding carboxylic acids is 2. The molecule has 0 radical (unpaired) electrons. The predicted octanol–water partition coefficient (Wildman–Crippen LogP) is 2.16. The van der Waals surface area contributed by atoms with Crippen LogP contribution in [0.1, 0.15) is 44.2 Å². The van der Waals surface area contributed by atoms with Crippen molar-refractivity contribution in [3.8, 4) is 0 Å². The third-order valence-corrected chi connectivity index (χ3v) is 6.62. The Morgan fingerprint density at radius 1 is 1.21 bits per heavy atom. The highest BCUT2D eigenvalue weighted by Gasteiger charge is 2.26. The van der Waals surface area contributed by atoms with Gasteiger partial charge in [0.2, 0.25) is 10.0 Å². The first-order chi connectivity index (χ1) is 13.1. The molecule has 1 aromatic rings. The molecule has 0 saturated carbocycles. The van der Waals surface area contributed by atoms with Crippen molar-refractivity contribution < 1.29 is 22.7 Å². The van der Waals surface area contributed by atoms with E-state index in [0.717, 1.165) is 24.0 Å². The van der Waals surface area contributed by atoms with Gasteiger partial charge in [0.05, 0.1) is 11.3 Å². The van der Waals surface area contributed by atoms with Crippen LogP contribution >= 0.6 is 0 Å². The van der Waals surface area contributed by atoms with Crippen molar-refractivity contribution in [2.24, 2.45) is 5.92 Å². The van der Waals surface area contributed by atoms with E-state index in [1.807, 2.05) is 13.8 Å².